The van der Waals surface area contributed by atoms with E-state index in [4.69, 9.17) is 0 Å². The summed E-state index contributed by atoms with van der Waals surface area (Å²) in [5.74, 6) is 0.217. The van der Waals surface area contributed by atoms with Gasteiger partial charge in [0.05, 0.1) is 5.41 Å². The fraction of sp³-hybridized carbons (Fsp3) is 0.400. The van der Waals surface area contributed by atoms with Crippen LogP contribution in [-0.2, 0) is 20.4 Å². The maximum absolute atomic E-state index is 11.3. The number of pyridine rings is 2. The predicted molar refractivity (Wildman–Crippen MR) is 97.1 cm³/mol. The summed E-state index contributed by atoms with van der Waals surface area (Å²) in [7, 11) is 0. The summed E-state index contributed by atoms with van der Waals surface area (Å²) in [5.41, 5.74) is 0.733. The number of rotatable bonds is 4. The third kappa shape index (κ3) is 5.21. The van der Waals surface area contributed by atoms with Gasteiger partial charge in [-0.25, -0.2) is 0 Å². The van der Waals surface area contributed by atoms with Gasteiger partial charge in [0.15, 0.2) is 12.4 Å². The normalized spacial score (nSPS) is 11.3. The molecule has 0 saturated carbocycles. The third-order valence-corrected chi connectivity index (χ3v) is 4.64. The van der Waals surface area contributed by atoms with E-state index in [1.54, 1.807) is 31.5 Å². The molecule has 0 radical (unpaired) electrons. The lowest BCUT2D eigenvalue weighted by Gasteiger charge is -2.20. The van der Waals surface area contributed by atoms with Gasteiger partial charge in [-0.2, -0.15) is 4.73 Å². The molecule has 134 valence electrons. The van der Waals surface area contributed by atoms with Gasteiger partial charge in [-0.15, -0.1) is 0 Å². The lowest BCUT2D eigenvalue weighted by atomic mass is 9.82. The number of hydrogen-bond donors (Lipinski definition) is 0. The van der Waals surface area contributed by atoms with Crippen molar-refractivity contribution in [3.8, 4) is 0 Å². The molecular formula is C20H26N2O3. The molecule has 2 aromatic heterocycles. The Balaban J connectivity index is 0.000000251. The van der Waals surface area contributed by atoms with E-state index in [1.807, 2.05) is 39.8 Å². The Bertz CT molecular complexity index is 738. The lowest BCUT2D eigenvalue weighted by molar-refractivity contribution is -0.606. The number of hydrogen-bond acceptors (Lipinski definition) is 4. The van der Waals surface area contributed by atoms with Crippen LogP contribution < -0.4 is 4.73 Å². The van der Waals surface area contributed by atoms with Crippen LogP contribution in [0.1, 0.15) is 52.7 Å². The number of carbonyl (C=O) groups is 2. The van der Waals surface area contributed by atoms with E-state index >= 15 is 0 Å². The summed E-state index contributed by atoms with van der Waals surface area (Å²) in [6.45, 7) is 10.6. The zero-order chi connectivity index (χ0) is 19.3. The van der Waals surface area contributed by atoms with Gasteiger partial charge in [0, 0.05) is 29.4 Å². The van der Waals surface area contributed by atoms with E-state index in [9.17, 15) is 14.8 Å². The molecule has 2 rings (SSSR count). The molecule has 2 aromatic rings. The molecule has 0 unspecified atom stereocenters. The van der Waals surface area contributed by atoms with E-state index in [2.05, 4.69) is 4.98 Å². The van der Waals surface area contributed by atoms with Crippen LogP contribution >= 0.6 is 0 Å². The molecule has 5 nitrogen and oxygen atoms in total. The average Bonchev–Trinajstić information content (AvgIpc) is 2.56. The highest BCUT2D eigenvalue weighted by Gasteiger charge is 2.27. The third-order valence-electron chi connectivity index (χ3n) is 4.64. The summed E-state index contributed by atoms with van der Waals surface area (Å²) >= 11 is 0. The zero-order valence-electron chi connectivity index (χ0n) is 15.7. The highest BCUT2D eigenvalue weighted by molar-refractivity contribution is 5.87. The standard InChI is InChI=1S/C10H13NO2.C10H13NO/c1-8(12)10(2,3)9-5-4-6-11(13)7-9;1-8(12)10(2,3)9-5-4-6-11-7-9/h4-7H,1-3H3;4-7H,1-3H3. The first-order chi connectivity index (χ1) is 11.5. The minimum atomic E-state index is -0.576. The molecule has 0 aliphatic rings. The molecule has 0 atom stereocenters. The first-order valence-corrected chi connectivity index (χ1v) is 8.11. The lowest BCUT2D eigenvalue weighted by Crippen LogP contribution is -2.32. The molecule has 25 heavy (non-hydrogen) atoms. The molecule has 5 heteroatoms. The maximum Gasteiger partial charge on any atom is 0.184 e. The first kappa shape index (κ1) is 20.5. The molecule has 0 spiro atoms. The molecule has 0 saturated heterocycles. The number of Topliss-reactive ketones (excluding diaryl/α,β-unsaturated/α-hetero) is 2. The Labute approximate surface area is 149 Å². The second kappa shape index (κ2) is 8.01. The van der Waals surface area contributed by atoms with Gasteiger partial charge in [0.2, 0.25) is 0 Å². The van der Waals surface area contributed by atoms with Crippen LogP contribution in [0.3, 0.4) is 0 Å². The zero-order valence-corrected chi connectivity index (χ0v) is 15.7. The van der Waals surface area contributed by atoms with Crippen molar-refractivity contribution >= 4 is 11.6 Å². The smallest absolute Gasteiger partial charge is 0.184 e. The van der Waals surface area contributed by atoms with E-state index < -0.39 is 10.8 Å². The van der Waals surface area contributed by atoms with Crippen LogP contribution in [0.5, 0.6) is 0 Å². The number of aromatic nitrogens is 2. The van der Waals surface area contributed by atoms with Crippen molar-refractivity contribution < 1.29 is 14.3 Å². The summed E-state index contributed by atoms with van der Waals surface area (Å²) in [6.07, 6.45) is 6.28. The van der Waals surface area contributed by atoms with E-state index in [1.165, 1.54) is 19.3 Å². The van der Waals surface area contributed by atoms with Crippen LogP contribution in [0.4, 0.5) is 0 Å². The Morgan fingerprint density at radius 3 is 1.92 bits per heavy atom. The molecule has 2 heterocycles. The Hall–Kier alpha value is -2.56. The topological polar surface area (TPSA) is 74.0 Å². The molecule has 0 aliphatic heterocycles. The van der Waals surface area contributed by atoms with Crippen molar-refractivity contribution in [1.82, 2.24) is 4.98 Å². The highest BCUT2D eigenvalue weighted by Crippen LogP contribution is 2.23. The van der Waals surface area contributed by atoms with Crippen molar-refractivity contribution in [1.29, 1.82) is 0 Å². The fourth-order valence-electron chi connectivity index (χ4n) is 1.96. The molecule has 0 N–H and O–H groups in total. The van der Waals surface area contributed by atoms with Crippen molar-refractivity contribution in [2.45, 2.75) is 52.4 Å². The number of nitrogens with zero attached hydrogens (tertiary/aromatic N) is 2. The van der Waals surface area contributed by atoms with Gasteiger partial charge in [-0.1, -0.05) is 6.07 Å². The van der Waals surface area contributed by atoms with Crippen molar-refractivity contribution in [2.24, 2.45) is 0 Å². The number of carbonyl (C=O) groups excluding carboxylic acids is 2. The van der Waals surface area contributed by atoms with Crippen LogP contribution in [0.2, 0.25) is 0 Å². The largest absolute Gasteiger partial charge is 0.619 e. The molecule has 0 aliphatic carbocycles. The van der Waals surface area contributed by atoms with Crippen molar-refractivity contribution in [2.75, 3.05) is 0 Å². The second-order valence-electron chi connectivity index (χ2n) is 7.06. The van der Waals surface area contributed by atoms with Crippen LogP contribution in [0, 0.1) is 5.21 Å². The Kier molecular flexibility index (Phi) is 6.56. The maximum atomic E-state index is 11.3. The van der Waals surface area contributed by atoms with Gasteiger partial charge in [0.1, 0.15) is 11.6 Å². The fourth-order valence-corrected chi connectivity index (χ4v) is 1.96. The summed E-state index contributed by atoms with van der Waals surface area (Å²) in [5, 5.41) is 11.0. The molecule has 0 amide bonds. The summed E-state index contributed by atoms with van der Waals surface area (Å²) in [6, 6.07) is 7.21. The highest BCUT2D eigenvalue weighted by atomic mass is 16.5. The van der Waals surface area contributed by atoms with Gasteiger partial charge in [-0.05, 0) is 59.2 Å². The average molecular weight is 342 g/mol. The molecule has 0 aromatic carbocycles. The summed E-state index contributed by atoms with van der Waals surface area (Å²) in [4.78, 5) is 26.5. The van der Waals surface area contributed by atoms with Gasteiger partial charge in [0.25, 0.3) is 0 Å². The number of ketones is 2. The van der Waals surface area contributed by atoms with Crippen molar-refractivity contribution in [3.63, 3.8) is 0 Å². The minimum absolute atomic E-state index is 0.0544. The first-order valence-electron chi connectivity index (χ1n) is 8.11. The SMILES string of the molecule is CC(=O)C(C)(C)c1ccc[n+]([O-])c1.CC(=O)C(C)(C)c1cccnc1. The molecular weight excluding hydrogens is 316 g/mol. The van der Waals surface area contributed by atoms with Crippen LogP contribution in [0.25, 0.3) is 0 Å². The Morgan fingerprint density at radius 1 is 0.960 bits per heavy atom. The van der Waals surface area contributed by atoms with Gasteiger partial charge >= 0.3 is 0 Å². The van der Waals surface area contributed by atoms with E-state index in [0.29, 0.717) is 4.73 Å². The van der Waals surface area contributed by atoms with Gasteiger partial charge < -0.3 is 5.21 Å². The Morgan fingerprint density at radius 2 is 1.48 bits per heavy atom. The monoisotopic (exact) mass is 342 g/mol. The second-order valence-corrected chi connectivity index (χ2v) is 7.06. The minimum Gasteiger partial charge on any atom is -0.619 e. The molecule has 0 bridgehead atoms. The predicted octanol–water partition coefficient (Wildman–Crippen LogP) is 3.13. The van der Waals surface area contributed by atoms with Crippen LogP contribution in [0.15, 0.2) is 49.1 Å². The molecule has 0 fully saturated rings. The van der Waals surface area contributed by atoms with E-state index in [0.717, 1.165) is 11.1 Å². The van der Waals surface area contributed by atoms with E-state index in [-0.39, 0.29) is 11.6 Å². The van der Waals surface area contributed by atoms with Crippen LogP contribution in [-0.4, -0.2) is 16.6 Å². The van der Waals surface area contributed by atoms with Gasteiger partial charge in [-0.3, -0.25) is 14.6 Å². The van der Waals surface area contributed by atoms with Crippen molar-refractivity contribution in [3.05, 3.63) is 65.4 Å². The quantitative estimate of drug-likeness (QED) is 0.632. The summed E-state index contributed by atoms with van der Waals surface area (Å²) < 4.78 is 0.708.